The fourth-order valence-electron chi connectivity index (χ4n) is 2.87. The van der Waals surface area contributed by atoms with Gasteiger partial charge in [-0.05, 0) is 49.4 Å². The van der Waals surface area contributed by atoms with E-state index in [1.54, 1.807) is 11.3 Å². The maximum atomic E-state index is 6.02. The standard InChI is InChI=1S/C16H18ClNS/c1-11(15-9-10-16(17)19-15)18-14-8-4-6-12-5-2-3-7-13(12)14/h2-3,5,7,9-11,14,18H,4,6,8H2,1H3. The molecule has 1 aliphatic carbocycles. The Morgan fingerprint density at radius 2 is 2.11 bits per heavy atom. The molecule has 2 aromatic rings. The Morgan fingerprint density at radius 3 is 2.89 bits per heavy atom. The van der Waals surface area contributed by atoms with Gasteiger partial charge in [0, 0.05) is 17.0 Å². The molecule has 1 N–H and O–H groups in total. The summed E-state index contributed by atoms with van der Waals surface area (Å²) in [5.74, 6) is 0. The Labute approximate surface area is 123 Å². The van der Waals surface area contributed by atoms with Crippen LogP contribution in [0.5, 0.6) is 0 Å². The van der Waals surface area contributed by atoms with E-state index in [2.05, 4.69) is 42.6 Å². The van der Waals surface area contributed by atoms with Crippen LogP contribution in [0.1, 0.15) is 47.9 Å². The molecule has 0 spiro atoms. The first kappa shape index (κ1) is 13.2. The van der Waals surface area contributed by atoms with Crippen LogP contribution in [0.3, 0.4) is 0 Å². The van der Waals surface area contributed by atoms with Crippen molar-refractivity contribution in [2.75, 3.05) is 0 Å². The van der Waals surface area contributed by atoms with E-state index in [0.717, 1.165) is 4.34 Å². The molecule has 1 aromatic heterocycles. The van der Waals surface area contributed by atoms with Crippen molar-refractivity contribution in [3.63, 3.8) is 0 Å². The van der Waals surface area contributed by atoms with E-state index >= 15 is 0 Å². The number of rotatable bonds is 3. The number of fused-ring (bicyclic) bond motifs is 1. The van der Waals surface area contributed by atoms with Crippen molar-refractivity contribution in [2.45, 2.75) is 38.3 Å². The summed E-state index contributed by atoms with van der Waals surface area (Å²) in [7, 11) is 0. The van der Waals surface area contributed by atoms with Crippen LogP contribution < -0.4 is 5.32 Å². The van der Waals surface area contributed by atoms with Gasteiger partial charge in [0.05, 0.1) is 4.34 Å². The number of aryl methyl sites for hydroxylation is 1. The van der Waals surface area contributed by atoms with Crippen LogP contribution in [0.25, 0.3) is 0 Å². The second kappa shape index (κ2) is 5.66. The lowest BCUT2D eigenvalue weighted by molar-refractivity contribution is 0.418. The van der Waals surface area contributed by atoms with E-state index in [1.165, 1.54) is 35.3 Å². The van der Waals surface area contributed by atoms with Crippen molar-refractivity contribution in [1.29, 1.82) is 0 Å². The molecule has 0 aliphatic heterocycles. The number of thiophene rings is 1. The Morgan fingerprint density at radius 1 is 1.26 bits per heavy atom. The van der Waals surface area contributed by atoms with Crippen LogP contribution in [-0.4, -0.2) is 0 Å². The Balaban J connectivity index is 1.77. The molecule has 1 nitrogen and oxygen atoms in total. The van der Waals surface area contributed by atoms with Crippen LogP contribution in [0.2, 0.25) is 4.34 Å². The SMILES string of the molecule is CC(NC1CCCc2ccccc21)c1ccc(Cl)s1. The lowest BCUT2D eigenvalue weighted by Gasteiger charge is -2.29. The molecule has 2 atom stereocenters. The number of halogens is 1. The Kier molecular flexibility index (Phi) is 3.92. The summed E-state index contributed by atoms with van der Waals surface area (Å²) in [5.41, 5.74) is 2.98. The molecule has 1 aliphatic rings. The van der Waals surface area contributed by atoms with Crippen molar-refractivity contribution in [1.82, 2.24) is 5.32 Å². The fraction of sp³-hybridized carbons (Fsp3) is 0.375. The Hall–Kier alpha value is -0.830. The van der Waals surface area contributed by atoms with E-state index in [1.807, 2.05) is 6.07 Å². The maximum absolute atomic E-state index is 6.02. The van der Waals surface area contributed by atoms with Crippen molar-refractivity contribution < 1.29 is 0 Å². The van der Waals surface area contributed by atoms with Gasteiger partial charge in [-0.25, -0.2) is 0 Å². The molecule has 2 unspecified atom stereocenters. The topological polar surface area (TPSA) is 12.0 Å². The third kappa shape index (κ3) is 2.86. The second-order valence-corrected chi connectivity index (χ2v) is 6.92. The first-order valence-electron chi connectivity index (χ1n) is 6.83. The highest BCUT2D eigenvalue weighted by molar-refractivity contribution is 7.16. The monoisotopic (exact) mass is 291 g/mol. The molecule has 0 saturated heterocycles. The number of nitrogens with one attached hydrogen (secondary N) is 1. The van der Waals surface area contributed by atoms with Gasteiger partial charge in [-0.2, -0.15) is 0 Å². The minimum absolute atomic E-state index is 0.355. The van der Waals surface area contributed by atoms with E-state index in [4.69, 9.17) is 11.6 Å². The quantitative estimate of drug-likeness (QED) is 0.826. The molecule has 1 aromatic carbocycles. The van der Waals surface area contributed by atoms with Gasteiger partial charge in [0.2, 0.25) is 0 Å². The van der Waals surface area contributed by atoms with Crippen LogP contribution in [0.4, 0.5) is 0 Å². The van der Waals surface area contributed by atoms with E-state index < -0.39 is 0 Å². The summed E-state index contributed by atoms with van der Waals surface area (Å²) in [6.45, 7) is 2.22. The second-order valence-electron chi connectivity index (χ2n) is 5.17. The molecule has 0 fully saturated rings. The predicted octanol–water partition coefficient (Wildman–Crippen LogP) is 5.13. The van der Waals surface area contributed by atoms with Gasteiger partial charge in [-0.15, -0.1) is 11.3 Å². The molecule has 19 heavy (non-hydrogen) atoms. The highest BCUT2D eigenvalue weighted by Crippen LogP contribution is 2.33. The van der Waals surface area contributed by atoms with Gasteiger partial charge in [0.15, 0.2) is 0 Å². The average molecular weight is 292 g/mol. The molecule has 3 rings (SSSR count). The van der Waals surface area contributed by atoms with Crippen LogP contribution in [0, 0.1) is 0 Å². The third-order valence-electron chi connectivity index (χ3n) is 3.84. The summed E-state index contributed by atoms with van der Waals surface area (Å²) < 4.78 is 0.868. The van der Waals surface area contributed by atoms with Gasteiger partial charge in [-0.1, -0.05) is 35.9 Å². The summed E-state index contributed by atoms with van der Waals surface area (Å²) in [5, 5.41) is 3.76. The lowest BCUT2D eigenvalue weighted by atomic mass is 9.87. The molecular weight excluding hydrogens is 274 g/mol. The lowest BCUT2D eigenvalue weighted by Crippen LogP contribution is -2.27. The zero-order valence-electron chi connectivity index (χ0n) is 11.0. The van der Waals surface area contributed by atoms with Crippen LogP contribution in [-0.2, 0) is 6.42 Å². The van der Waals surface area contributed by atoms with Gasteiger partial charge < -0.3 is 5.32 Å². The highest BCUT2D eigenvalue weighted by atomic mass is 35.5. The smallest absolute Gasteiger partial charge is 0.0931 e. The predicted molar refractivity (Wildman–Crippen MR) is 83.0 cm³/mol. The molecule has 1 heterocycles. The minimum Gasteiger partial charge on any atom is -0.303 e. The average Bonchev–Trinajstić information content (AvgIpc) is 2.86. The van der Waals surface area contributed by atoms with Gasteiger partial charge >= 0.3 is 0 Å². The zero-order chi connectivity index (χ0) is 13.2. The zero-order valence-corrected chi connectivity index (χ0v) is 12.6. The molecule has 0 amide bonds. The maximum Gasteiger partial charge on any atom is 0.0931 e. The molecule has 0 radical (unpaired) electrons. The summed E-state index contributed by atoms with van der Waals surface area (Å²) in [4.78, 5) is 1.31. The van der Waals surface area contributed by atoms with Crippen molar-refractivity contribution in [3.8, 4) is 0 Å². The van der Waals surface area contributed by atoms with Crippen LogP contribution >= 0.6 is 22.9 Å². The van der Waals surface area contributed by atoms with E-state index in [9.17, 15) is 0 Å². The first-order valence-corrected chi connectivity index (χ1v) is 8.02. The molecule has 100 valence electrons. The summed E-state index contributed by atoms with van der Waals surface area (Å²) >= 11 is 7.69. The molecular formula is C16H18ClNS. The normalized spacial score (nSPS) is 20.0. The molecule has 3 heteroatoms. The van der Waals surface area contributed by atoms with Gasteiger partial charge in [-0.3, -0.25) is 0 Å². The number of hydrogen-bond donors (Lipinski definition) is 1. The first-order chi connectivity index (χ1) is 9.24. The fourth-order valence-corrected chi connectivity index (χ4v) is 3.94. The summed E-state index contributed by atoms with van der Waals surface area (Å²) in [6, 6.07) is 13.7. The van der Waals surface area contributed by atoms with E-state index in [0.29, 0.717) is 12.1 Å². The third-order valence-corrected chi connectivity index (χ3v) is 5.26. The Bertz CT molecular complexity index is 563. The van der Waals surface area contributed by atoms with Crippen molar-refractivity contribution in [3.05, 3.63) is 56.7 Å². The molecule has 0 bridgehead atoms. The number of hydrogen-bond acceptors (Lipinski definition) is 2. The van der Waals surface area contributed by atoms with Crippen molar-refractivity contribution >= 4 is 22.9 Å². The highest BCUT2D eigenvalue weighted by Gasteiger charge is 2.21. The van der Waals surface area contributed by atoms with E-state index in [-0.39, 0.29) is 0 Å². The minimum atomic E-state index is 0.355. The largest absolute Gasteiger partial charge is 0.303 e. The van der Waals surface area contributed by atoms with Crippen molar-refractivity contribution in [2.24, 2.45) is 0 Å². The van der Waals surface area contributed by atoms with Gasteiger partial charge in [0.1, 0.15) is 0 Å². The van der Waals surface area contributed by atoms with Gasteiger partial charge in [0.25, 0.3) is 0 Å². The number of benzene rings is 1. The van der Waals surface area contributed by atoms with Crippen LogP contribution in [0.15, 0.2) is 36.4 Å². The summed E-state index contributed by atoms with van der Waals surface area (Å²) in [6.07, 6.45) is 3.71. The molecule has 0 saturated carbocycles.